The second-order valence-electron chi connectivity index (χ2n) is 4.03. The Morgan fingerprint density at radius 3 is 2.47 bits per heavy atom. The molecule has 1 aromatic carbocycles. The molecule has 1 aliphatic heterocycles. The van der Waals surface area contributed by atoms with E-state index < -0.39 is 0 Å². The van der Waals surface area contributed by atoms with Crippen molar-refractivity contribution in [2.45, 2.75) is 26.0 Å². The van der Waals surface area contributed by atoms with Crippen molar-refractivity contribution in [2.75, 3.05) is 6.61 Å². The van der Waals surface area contributed by atoms with Crippen LogP contribution in [0.3, 0.4) is 0 Å². The van der Waals surface area contributed by atoms with Gasteiger partial charge in [-0.3, -0.25) is 0 Å². The molecule has 0 bridgehead atoms. The standard InChI is InChI=1S/C12H15NO3.ClH/c1-8(2)16-10-5-3-9(4-6-10)11-7-15-12(14)13-11;/h3-6,8,11H,7H2,1-2H3,(H,13,14);1H/t11-;/m1./s1. The van der Waals surface area contributed by atoms with E-state index in [1.165, 1.54) is 0 Å². The Morgan fingerprint density at radius 2 is 2.00 bits per heavy atom. The maximum absolute atomic E-state index is 10.9. The van der Waals surface area contributed by atoms with Crippen LogP contribution in [-0.4, -0.2) is 18.8 Å². The van der Waals surface area contributed by atoms with Crippen LogP contribution in [0.2, 0.25) is 0 Å². The van der Waals surface area contributed by atoms with Crippen molar-refractivity contribution in [1.82, 2.24) is 5.32 Å². The van der Waals surface area contributed by atoms with Gasteiger partial charge in [-0.25, -0.2) is 4.79 Å². The van der Waals surface area contributed by atoms with Gasteiger partial charge in [-0.15, -0.1) is 12.4 Å². The first-order valence-corrected chi connectivity index (χ1v) is 5.35. The summed E-state index contributed by atoms with van der Waals surface area (Å²) in [5.74, 6) is 0.837. The summed E-state index contributed by atoms with van der Waals surface area (Å²) in [6.45, 7) is 4.36. The molecule has 1 amide bonds. The molecule has 0 saturated carbocycles. The van der Waals surface area contributed by atoms with Crippen molar-refractivity contribution in [3.05, 3.63) is 29.8 Å². The maximum atomic E-state index is 10.9. The van der Waals surface area contributed by atoms with E-state index in [0.29, 0.717) is 6.61 Å². The van der Waals surface area contributed by atoms with Gasteiger partial charge in [0, 0.05) is 0 Å². The fourth-order valence-corrected chi connectivity index (χ4v) is 1.62. The molecule has 0 spiro atoms. The number of nitrogens with one attached hydrogen (secondary N) is 1. The first-order valence-electron chi connectivity index (χ1n) is 5.35. The Morgan fingerprint density at radius 1 is 1.35 bits per heavy atom. The second-order valence-corrected chi connectivity index (χ2v) is 4.03. The number of alkyl carbamates (subject to hydrolysis) is 1. The quantitative estimate of drug-likeness (QED) is 0.906. The number of hydrogen-bond acceptors (Lipinski definition) is 3. The van der Waals surface area contributed by atoms with Crippen LogP contribution < -0.4 is 10.1 Å². The first-order chi connectivity index (χ1) is 7.65. The van der Waals surface area contributed by atoms with Crippen LogP contribution in [-0.2, 0) is 4.74 Å². The van der Waals surface area contributed by atoms with Crippen molar-refractivity contribution in [2.24, 2.45) is 0 Å². The van der Waals surface area contributed by atoms with Gasteiger partial charge in [0.05, 0.1) is 12.1 Å². The summed E-state index contributed by atoms with van der Waals surface area (Å²) in [6, 6.07) is 7.65. The largest absolute Gasteiger partial charge is 0.491 e. The number of amides is 1. The average molecular weight is 258 g/mol. The number of carbonyl (C=O) groups is 1. The molecule has 0 aromatic heterocycles. The molecule has 5 heteroatoms. The summed E-state index contributed by atoms with van der Waals surface area (Å²) in [5, 5.41) is 2.73. The number of carbonyl (C=O) groups excluding carboxylic acids is 1. The Kier molecular flexibility index (Phi) is 4.63. The predicted octanol–water partition coefficient (Wildman–Crippen LogP) is 2.68. The molecule has 4 nitrogen and oxygen atoms in total. The highest BCUT2D eigenvalue weighted by Crippen LogP contribution is 2.21. The second kappa shape index (κ2) is 5.77. The molecule has 1 atom stereocenters. The van der Waals surface area contributed by atoms with E-state index in [4.69, 9.17) is 9.47 Å². The molecule has 1 heterocycles. The minimum atomic E-state index is -0.354. The maximum Gasteiger partial charge on any atom is 0.407 e. The summed E-state index contributed by atoms with van der Waals surface area (Å²) in [6.07, 6.45) is -0.187. The molecule has 2 rings (SSSR count). The topological polar surface area (TPSA) is 47.6 Å². The lowest BCUT2D eigenvalue weighted by atomic mass is 10.1. The van der Waals surface area contributed by atoms with Crippen LogP contribution >= 0.6 is 12.4 Å². The molecule has 1 aliphatic rings. The Balaban J connectivity index is 0.00000144. The van der Waals surface area contributed by atoms with Gasteiger partial charge in [-0.1, -0.05) is 12.1 Å². The van der Waals surface area contributed by atoms with E-state index >= 15 is 0 Å². The zero-order chi connectivity index (χ0) is 11.5. The highest BCUT2D eigenvalue weighted by atomic mass is 35.5. The molecular weight excluding hydrogens is 242 g/mol. The Bertz CT molecular complexity index is 378. The van der Waals surface area contributed by atoms with Crippen LogP contribution in [0.15, 0.2) is 24.3 Å². The SMILES string of the molecule is CC(C)Oc1ccc([C@H]2COC(=O)N2)cc1.Cl. The molecule has 1 fully saturated rings. The van der Waals surface area contributed by atoms with E-state index in [9.17, 15) is 4.79 Å². The molecular formula is C12H16ClNO3. The van der Waals surface area contributed by atoms with Gasteiger partial charge < -0.3 is 14.8 Å². The number of rotatable bonds is 3. The number of halogens is 1. The highest BCUT2D eigenvalue weighted by molar-refractivity contribution is 5.85. The van der Waals surface area contributed by atoms with Gasteiger partial charge in [0.15, 0.2) is 0 Å². The van der Waals surface area contributed by atoms with E-state index in [1.54, 1.807) is 0 Å². The van der Waals surface area contributed by atoms with Gasteiger partial charge in [0.2, 0.25) is 0 Å². The number of hydrogen-bond donors (Lipinski definition) is 1. The summed E-state index contributed by atoms with van der Waals surface area (Å²) < 4.78 is 10.4. The Labute approximate surface area is 107 Å². The van der Waals surface area contributed by atoms with E-state index in [1.807, 2.05) is 38.1 Å². The van der Waals surface area contributed by atoms with Gasteiger partial charge in [0.1, 0.15) is 12.4 Å². The molecule has 0 aliphatic carbocycles. The lowest BCUT2D eigenvalue weighted by Crippen LogP contribution is -2.18. The van der Waals surface area contributed by atoms with Crippen LogP contribution in [0.1, 0.15) is 25.5 Å². The minimum absolute atomic E-state index is 0. The summed E-state index contributed by atoms with van der Waals surface area (Å²) in [4.78, 5) is 10.9. The normalized spacial score (nSPS) is 18.3. The number of cyclic esters (lactones) is 1. The van der Waals surface area contributed by atoms with Gasteiger partial charge in [-0.05, 0) is 31.5 Å². The van der Waals surface area contributed by atoms with Gasteiger partial charge in [-0.2, -0.15) is 0 Å². The molecule has 1 N–H and O–H groups in total. The summed E-state index contributed by atoms with van der Waals surface area (Å²) in [5.41, 5.74) is 1.03. The molecule has 94 valence electrons. The molecule has 1 aromatic rings. The molecule has 17 heavy (non-hydrogen) atoms. The zero-order valence-electron chi connectivity index (χ0n) is 9.80. The summed E-state index contributed by atoms with van der Waals surface area (Å²) >= 11 is 0. The lowest BCUT2D eigenvalue weighted by Gasteiger charge is -2.11. The van der Waals surface area contributed by atoms with Crippen molar-refractivity contribution in [3.8, 4) is 5.75 Å². The summed E-state index contributed by atoms with van der Waals surface area (Å²) in [7, 11) is 0. The third-order valence-corrected chi connectivity index (χ3v) is 2.33. The highest BCUT2D eigenvalue weighted by Gasteiger charge is 2.23. The molecule has 1 saturated heterocycles. The zero-order valence-corrected chi connectivity index (χ0v) is 10.6. The fourth-order valence-electron chi connectivity index (χ4n) is 1.62. The van der Waals surface area contributed by atoms with E-state index in [2.05, 4.69) is 5.32 Å². The fraction of sp³-hybridized carbons (Fsp3) is 0.417. The van der Waals surface area contributed by atoms with Crippen molar-refractivity contribution in [1.29, 1.82) is 0 Å². The monoisotopic (exact) mass is 257 g/mol. The van der Waals surface area contributed by atoms with E-state index in [-0.39, 0.29) is 30.6 Å². The minimum Gasteiger partial charge on any atom is -0.491 e. The third-order valence-electron chi connectivity index (χ3n) is 2.33. The van der Waals surface area contributed by atoms with Crippen molar-refractivity contribution in [3.63, 3.8) is 0 Å². The predicted molar refractivity (Wildman–Crippen MR) is 66.7 cm³/mol. The smallest absolute Gasteiger partial charge is 0.407 e. The van der Waals surface area contributed by atoms with Crippen molar-refractivity contribution < 1.29 is 14.3 Å². The van der Waals surface area contributed by atoms with Crippen molar-refractivity contribution >= 4 is 18.5 Å². The number of ether oxygens (including phenoxy) is 2. The Hall–Kier alpha value is -1.42. The molecule has 0 radical (unpaired) electrons. The first kappa shape index (κ1) is 13.6. The molecule has 0 unspecified atom stereocenters. The van der Waals surface area contributed by atoms with Crippen LogP contribution in [0.5, 0.6) is 5.75 Å². The lowest BCUT2D eigenvalue weighted by molar-refractivity contribution is 0.177. The average Bonchev–Trinajstić information content (AvgIpc) is 2.65. The van der Waals surface area contributed by atoms with Gasteiger partial charge >= 0.3 is 6.09 Å². The van der Waals surface area contributed by atoms with Crippen LogP contribution in [0, 0.1) is 0 Å². The van der Waals surface area contributed by atoms with E-state index in [0.717, 1.165) is 11.3 Å². The van der Waals surface area contributed by atoms with Crippen LogP contribution in [0.25, 0.3) is 0 Å². The van der Waals surface area contributed by atoms with Crippen LogP contribution in [0.4, 0.5) is 4.79 Å². The number of benzene rings is 1. The third kappa shape index (κ3) is 3.53. The van der Waals surface area contributed by atoms with Gasteiger partial charge in [0.25, 0.3) is 0 Å².